The van der Waals surface area contributed by atoms with Gasteiger partial charge in [-0.15, -0.1) is 0 Å². The third-order valence-corrected chi connectivity index (χ3v) is 1.35. The van der Waals surface area contributed by atoms with Crippen molar-refractivity contribution in [2.45, 2.75) is 12.7 Å². The molecule has 0 fully saturated rings. The first kappa shape index (κ1) is 11.9. The molecule has 0 radical (unpaired) electrons. The topological polar surface area (TPSA) is 26.3 Å². The van der Waals surface area contributed by atoms with E-state index in [9.17, 15) is 4.79 Å². The molecular formula is C9H14B2O2. The summed E-state index contributed by atoms with van der Waals surface area (Å²) >= 11 is 0. The molecule has 0 aliphatic carbocycles. The van der Waals surface area contributed by atoms with Crippen molar-refractivity contribution in [1.29, 1.82) is 0 Å². The monoisotopic (exact) mass is 176 g/mol. The van der Waals surface area contributed by atoms with Gasteiger partial charge in [0.05, 0.1) is 0 Å². The van der Waals surface area contributed by atoms with E-state index < -0.39 is 0 Å². The number of ether oxygens (including phenoxy) is 1. The Bertz CT molecular complexity index is 242. The van der Waals surface area contributed by atoms with E-state index in [1.165, 1.54) is 7.11 Å². The van der Waals surface area contributed by atoms with Crippen molar-refractivity contribution < 1.29 is 9.53 Å². The van der Waals surface area contributed by atoms with Crippen LogP contribution >= 0.6 is 0 Å². The molecule has 0 N–H and O–H groups in total. The first-order valence-electron chi connectivity index (χ1n) is 4.21. The van der Waals surface area contributed by atoms with Gasteiger partial charge in [0.1, 0.15) is 0 Å². The zero-order valence-electron chi connectivity index (χ0n) is 8.41. The number of esters is 1. The van der Waals surface area contributed by atoms with Gasteiger partial charge in [-0.2, -0.15) is 0 Å². The van der Waals surface area contributed by atoms with E-state index in [-0.39, 0.29) is 5.97 Å². The van der Waals surface area contributed by atoms with Crippen LogP contribution in [0.25, 0.3) is 0 Å². The van der Waals surface area contributed by atoms with Crippen LogP contribution in [0, 0.1) is 0 Å². The van der Waals surface area contributed by atoms with E-state index in [1.54, 1.807) is 18.1 Å². The quantitative estimate of drug-likeness (QED) is 0.256. The van der Waals surface area contributed by atoms with E-state index in [1.807, 2.05) is 20.8 Å². The first-order valence-corrected chi connectivity index (χ1v) is 4.21. The fraction of sp³-hybridized carbons (Fsp3) is 0.333. The Kier molecular flexibility index (Phi) is 5.94. The molecule has 4 heteroatoms. The van der Waals surface area contributed by atoms with Crippen LogP contribution in [0.2, 0.25) is 5.82 Å². The Balaban J connectivity index is 4.64. The first-order chi connectivity index (χ1) is 6.11. The van der Waals surface area contributed by atoms with Crippen molar-refractivity contribution in [3.63, 3.8) is 0 Å². The Hall–Kier alpha value is -1.05. The predicted octanol–water partition coefficient (Wildman–Crippen LogP) is -0.214. The van der Waals surface area contributed by atoms with E-state index >= 15 is 0 Å². The van der Waals surface area contributed by atoms with Crippen LogP contribution < -0.4 is 0 Å². The summed E-state index contributed by atoms with van der Waals surface area (Å²) < 4.78 is 4.62. The van der Waals surface area contributed by atoms with Gasteiger partial charge in [-0.25, -0.2) is 0 Å². The van der Waals surface area contributed by atoms with Crippen molar-refractivity contribution in [1.82, 2.24) is 0 Å². The molecule has 0 bridgehead atoms. The summed E-state index contributed by atoms with van der Waals surface area (Å²) in [6, 6.07) is 0. The van der Waals surface area contributed by atoms with Crippen LogP contribution in [0.3, 0.4) is 0 Å². The summed E-state index contributed by atoms with van der Waals surface area (Å²) in [5, 5.41) is 0. The van der Waals surface area contributed by atoms with E-state index in [4.69, 9.17) is 0 Å². The number of carbonyl (C=O) groups excluding carboxylic acids is 1. The van der Waals surface area contributed by atoms with Crippen LogP contribution in [-0.4, -0.2) is 34.4 Å². The summed E-state index contributed by atoms with van der Waals surface area (Å²) in [5.41, 5.74) is 0.567. The van der Waals surface area contributed by atoms with E-state index in [0.717, 1.165) is 0 Å². The van der Waals surface area contributed by atoms with Gasteiger partial charge < -0.3 is 0 Å². The minimum atomic E-state index is -0.313. The molecule has 0 saturated carbocycles. The molecule has 0 heterocycles. The number of hydrogen-bond donors (Lipinski definition) is 0. The molecule has 1 atom stereocenters. The van der Waals surface area contributed by atoms with Crippen LogP contribution in [0.15, 0.2) is 23.8 Å². The summed E-state index contributed by atoms with van der Waals surface area (Å²) in [6.45, 7) is 2.00. The fourth-order valence-electron chi connectivity index (χ4n) is 0.840. The van der Waals surface area contributed by atoms with E-state index in [2.05, 4.69) is 12.2 Å². The van der Waals surface area contributed by atoms with Crippen molar-refractivity contribution in [2.75, 3.05) is 7.11 Å². The molecule has 0 amide bonds. The van der Waals surface area contributed by atoms with Gasteiger partial charge in [0, 0.05) is 0 Å². The number of carbonyl (C=O) groups is 1. The van der Waals surface area contributed by atoms with Crippen LogP contribution in [0.5, 0.6) is 0 Å². The maximum atomic E-state index is 11.2. The molecule has 68 valence electrons. The van der Waals surface area contributed by atoms with Gasteiger partial charge in [0.2, 0.25) is 0 Å². The predicted molar refractivity (Wildman–Crippen MR) is 60.4 cm³/mol. The Morgan fingerprint density at radius 1 is 1.62 bits per heavy atom. The second-order valence-electron chi connectivity index (χ2n) is 2.95. The molecule has 0 aliphatic rings. The molecule has 0 aromatic carbocycles. The number of rotatable bonds is 4. The van der Waals surface area contributed by atoms with Crippen LogP contribution in [0.1, 0.15) is 6.92 Å². The fourth-order valence-corrected chi connectivity index (χ4v) is 0.840. The third kappa shape index (κ3) is 5.23. The average Bonchev–Trinajstić information content (AvgIpc) is 2.10. The van der Waals surface area contributed by atoms with E-state index in [0.29, 0.717) is 11.4 Å². The maximum absolute atomic E-state index is 11.2. The minimum absolute atomic E-state index is 0.313. The normalized spacial score (nSPS) is 14.1. The third-order valence-electron chi connectivity index (χ3n) is 1.35. The molecule has 2 nitrogen and oxygen atoms in total. The molecule has 13 heavy (non-hydrogen) atoms. The Labute approximate surface area is 81.1 Å². The van der Waals surface area contributed by atoms with Crippen LogP contribution in [0.4, 0.5) is 0 Å². The van der Waals surface area contributed by atoms with Crippen molar-refractivity contribution in [2.24, 2.45) is 0 Å². The SMILES string of the molecule is B=C/C=C\C(=C/[C@@H](B)C)C(=O)OC. The molecule has 0 aromatic rings. The molecule has 0 aliphatic heterocycles. The zero-order valence-corrected chi connectivity index (χ0v) is 8.41. The molecule has 0 rings (SSSR count). The summed E-state index contributed by atoms with van der Waals surface area (Å²) in [4.78, 5) is 11.2. The van der Waals surface area contributed by atoms with Gasteiger partial charge in [0.25, 0.3) is 0 Å². The molecule has 0 aromatic heterocycles. The zero-order chi connectivity index (χ0) is 10.3. The Morgan fingerprint density at radius 3 is 2.62 bits per heavy atom. The van der Waals surface area contributed by atoms with Crippen molar-refractivity contribution in [3.8, 4) is 0 Å². The summed E-state index contributed by atoms with van der Waals surface area (Å²) in [6.07, 6.45) is 5.26. The van der Waals surface area contributed by atoms with Crippen molar-refractivity contribution >= 4 is 27.3 Å². The van der Waals surface area contributed by atoms with Gasteiger partial charge in [-0.3, -0.25) is 0 Å². The molecule has 0 saturated heterocycles. The van der Waals surface area contributed by atoms with Gasteiger partial charge in [-0.05, 0) is 0 Å². The standard InChI is InChI=1S/C9H14B2O2/c1-7(11)6-8(4-3-5-10)9(12)13-2/h3-7,10H,11H2,1-2H3/b4-3-,8-6+/t7-/m0/s1. The number of methoxy groups -OCH3 is 1. The molecule has 0 unspecified atom stereocenters. The molecule has 0 spiro atoms. The second-order valence-corrected chi connectivity index (χ2v) is 2.95. The summed E-state index contributed by atoms with van der Waals surface area (Å²) in [5.74, 6) is 1.63. The average molecular weight is 176 g/mol. The number of hydrogen-bond acceptors (Lipinski definition) is 2. The van der Waals surface area contributed by atoms with Crippen molar-refractivity contribution in [3.05, 3.63) is 23.8 Å². The Morgan fingerprint density at radius 2 is 2.23 bits per heavy atom. The molecular weight excluding hydrogens is 162 g/mol. The number of allylic oxidation sites excluding steroid dienone is 2. The van der Waals surface area contributed by atoms with Gasteiger partial charge in [-0.1, -0.05) is 0 Å². The van der Waals surface area contributed by atoms with Crippen LogP contribution in [-0.2, 0) is 9.53 Å². The van der Waals surface area contributed by atoms with Gasteiger partial charge >= 0.3 is 80.5 Å². The van der Waals surface area contributed by atoms with Gasteiger partial charge in [0.15, 0.2) is 0 Å². The summed E-state index contributed by atoms with van der Waals surface area (Å²) in [7, 11) is 6.91. The second kappa shape index (κ2) is 6.46.